The summed E-state index contributed by atoms with van der Waals surface area (Å²) in [7, 11) is -9.10. The average Bonchev–Trinajstić information content (AvgIpc) is 0.592. The molecule has 0 radical (unpaired) electrons. The van der Waals surface area contributed by atoms with E-state index in [9.17, 15) is 0 Å². The molecule has 0 unspecified atom stereocenters. The molecule has 44 valence electrons. The minimum absolute atomic E-state index is 6.83. The Bertz CT molecular complexity index is 382. The second-order valence-electron chi connectivity index (χ2n) is 0.975. The molecule has 0 aromatic carbocycles. The summed E-state index contributed by atoms with van der Waals surface area (Å²) in [6.45, 7) is 0. The molecule has 0 amide bonds. The quantitative estimate of drug-likeness (QED) is 0.439. The van der Waals surface area contributed by atoms with Gasteiger partial charge >= 0.3 is 34.1 Å². The normalized spacial score (nSPS) is 17.3. The molecule has 0 spiro atoms. The van der Waals surface area contributed by atoms with Gasteiger partial charge in [-0.05, 0) is 0 Å². The van der Waals surface area contributed by atoms with Crippen LogP contribution in [0.5, 0.6) is 0 Å². The maximum absolute atomic E-state index is 9.10. The van der Waals surface area contributed by atoms with Crippen LogP contribution in [-0.2, 0) is 29.9 Å². The van der Waals surface area contributed by atoms with E-state index >= 15 is 0 Å². The van der Waals surface area contributed by atoms with E-state index in [1.807, 2.05) is 0 Å². The van der Waals surface area contributed by atoms with Gasteiger partial charge in [0, 0.05) is 0 Å². The number of hydrogen-bond donors (Lipinski definition) is 1. The first-order valence-corrected chi connectivity index (χ1v) is 3.88. The van der Waals surface area contributed by atoms with E-state index in [0.29, 0.717) is 0 Å². The Morgan fingerprint density at radius 3 is 0.857 bits per heavy atom. The zero-order valence-corrected chi connectivity index (χ0v) is 4.05. The third-order valence-corrected chi connectivity index (χ3v) is 0. The van der Waals surface area contributed by atoms with Crippen molar-refractivity contribution in [3.8, 4) is 0 Å². The average molecular weight is 152 g/mol. The van der Waals surface area contributed by atoms with Crippen LogP contribution in [-0.4, -0.2) is 4.19 Å². The van der Waals surface area contributed by atoms with Crippen LogP contribution in [0.4, 0.5) is 0 Å². The van der Waals surface area contributed by atoms with Gasteiger partial charge in [0.25, 0.3) is 0 Å². The van der Waals surface area contributed by atoms with Crippen LogP contribution in [0.2, 0.25) is 0 Å². The summed E-state index contributed by atoms with van der Waals surface area (Å²) in [5.41, 5.74) is 0. The predicted octanol–water partition coefficient (Wildman–Crippen LogP) is -1.15. The molecule has 0 saturated heterocycles. The molecule has 0 fully saturated rings. The van der Waals surface area contributed by atoms with E-state index < -0.39 is 10.7 Å². The van der Waals surface area contributed by atoms with Crippen molar-refractivity contribution in [3.05, 3.63) is 0 Å². The van der Waals surface area contributed by atoms with Gasteiger partial charge in [0.05, 0.1) is 0 Å². The zero-order chi connectivity index (χ0) is 6.41. The Morgan fingerprint density at radius 1 is 0.857 bits per heavy atom. The summed E-state index contributed by atoms with van der Waals surface area (Å²) in [4.78, 5) is 0. The third kappa shape index (κ3) is 245. The SMILES string of the molecule is [O]=[Mn](=[O])(=[O])(=[O])(=[O])[OH]. The second-order valence-corrected chi connectivity index (χ2v) is 4.02. The van der Waals surface area contributed by atoms with Gasteiger partial charge < -0.3 is 0 Å². The van der Waals surface area contributed by atoms with Crippen LogP contribution in [0.1, 0.15) is 0 Å². The molecule has 0 aliphatic heterocycles. The van der Waals surface area contributed by atoms with Gasteiger partial charge in [-0.15, -0.1) is 0 Å². The van der Waals surface area contributed by atoms with Crippen LogP contribution in [0.15, 0.2) is 0 Å². The summed E-state index contributed by atoms with van der Waals surface area (Å²) in [5, 5.41) is 0. The summed E-state index contributed by atoms with van der Waals surface area (Å²) in [6, 6.07) is 0. The summed E-state index contributed by atoms with van der Waals surface area (Å²) >= 11 is 0. The molecule has 0 aromatic rings. The molecule has 0 rings (SSSR count). The van der Waals surface area contributed by atoms with Crippen LogP contribution >= 0.6 is 0 Å². The van der Waals surface area contributed by atoms with Gasteiger partial charge in [0.1, 0.15) is 0 Å². The van der Waals surface area contributed by atoms with Gasteiger partial charge in [0.15, 0.2) is 0 Å². The molecule has 0 heterocycles. The molecule has 0 aromatic heterocycles. The van der Waals surface area contributed by atoms with E-state index in [1.165, 1.54) is 0 Å². The van der Waals surface area contributed by atoms with E-state index in [2.05, 4.69) is 0 Å². The fraction of sp³-hybridized carbons (Fsp3) is 0. The van der Waals surface area contributed by atoms with Crippen molar-refractivity contribution in [3.63, 3.8) is 0 Å². The molecule has 0 bridgehead atoms. The molecule has 0 saturated carbocycles. The van der Waals surface area contributed by atoms with Gasteiger partial charge in [-0.25, -0.2) is 0 Å². The molecular formula is HMnO6. The fourth-order valence-electron chi connectivity index (χ4n) is 0. The molecular weight excluding hydrogens is 151 g/mol. The van der Waals surface area contributed by atoms with Crippen molar-refractivity contribution in [1.82, 2.24) is 0 Å². The van der Waals surface area contributed by atoms with Crippen molar-refractivity contribution >= 4 is 0 Å². The zero-order valence-electron chi connectivity index (χ0n) is 2.87. The molecule has 1 N–H and O–H groups in total. The topological polar surface area (TPSA) is 106 Å². The van der Waals surface area contributed by atoms with E-state index in [4.69, 9.17) is 23.4 Å². The molecule has 0 aliphatic rings. The second kappa shape index (κ2) is 0.524. The molecule has 0 atom stereocenters. The number of hydrogen-bond acceptors (Lipinski definition) is 5. The Hall–Kier alpha value is -0.521. The summed E-state index contributed by atoms with van der Waals surface area (Å²) in [5.74, 6) is 0. The van der Waals surface area contributed by atoms with Crippen LogP contribution in [0, 0.1) is 0 Å². The maximum atomic E-state index is 8.75. The van der Waals surface area contributed by atoms with Gasteiger partial charge in [-0.2, -0.15) is 0 Å². The van der Waals surface area contributed by atoms with Crippen molar-refractivity contribution in [1.29, 1.82) is 0 Å². The van der Waals surface area contributed by atoms with Crippen LogP contribution in [0.3, 0.4) is 0 Å². The van der Waals surface area contributed by atoms with E-state index in [1.54, 1.807) is 0 Å². The molecule has 7 heavy (non-hydrogen) atoms. The van der Waals surface area contributed by atoms with Crippen molar-refractivity contribution < 1.29 is 34.1 Å². The van der Waals surface area contributed by atoms with Crippen molar-refractivity contribution in [2.24, 2.45) is 0 Å². The third-order valence-electron chi connectivity index (χ3n) is 0. The molecule has 0 aliphatic carbocycles. The minimum atomic E-state index is -9.10. The van der Waals surface area contributed by atoms with Crippen molar-refractivity contribution in [2.75, 3.05) is 0 Å². The van der Waals surface area contributed by atoms with Crippen LogP contribution in [0.25, 0.3) is 0 Å². The number of rotatable bonds is 0. The Labute approximate surface area is 35.0 Å². The fourth-order valence-corrected chi connectivity index (χ4v) is 0. The Kier molecular flexibility index (Phi) is 0.485. The Morgan fingerprint density at radius 2 is 0.857 bits per heavy atom. The Balaban J connectivity index is 7.65. The predicted molar refractivity (Wildman–Crippen MR) is 5.65 cm³/mol. The molecule has 7 heteroatoms. The van der Waals surface area contributed by atoms with Crippen LogP contribution < -0.4 is 0 Å². The summed E-state index contributed by atoms with van der Waals surface area (Å²) < 4.78 is 50.6. The van der Waals surface area contributed by atoms with Crippen molar-refractivity contribution in [2.45, 2.75) is 0 Å². The summed E-state index contributed by atoms with van der Waals surface area (Å²) in [6.07, 6.45) is 0. The first kappa shape index (κ1) is 6.48. The first-order valence-electron chi connectivity index (χ1n) is 0.941. The standard InChI is InChI=1S/Mn.H2O.5O/h;1H2;;;;;/q+1;;;;;;/p-1. The van der Waals surface area contributed by atoms with Gasteiger partial charge in [-0.1, -0.05) is 0 Å². The monoisotopic (exact) mass is 152 g/mol. The van der Waals surface area contributed by atoms with Gasteiger partial charge in [0.2, 0.25) is 0 Å². The van der Waals surface area contributed by atoms with E-state index in [-0.39, 0.29) is 0 Å². The van der Waals surface area contributed by atoms with E-state index in [0.717, 1.165) is 0 Å². The van der Waals surface area contributed by atoms with Gasteiger partial charge in [-0.3, -0.25) is 0 Å². The first-order chi connectivity index (χ1) is 2.45. The molecule has 6 nitrogen and oxygen atoms in total.